The van der Waals surface area contributed by atoms with Crippen LogP contribution in [0.3, 0.4) is 0 Å². The van der Waals surface area contributed by atoms with Gasteiger partial charge in [0.25, 0.3) is 0 Å². The summed E-state index contributed by atoms with van der Waals surface area (Å²) in [5, 5.41) is 9.06. The summed E-state index contributed by atoms with van der Waals surface area (Å²) in [5.41, 5.74) is 0. The highest BCUT2D eigenvalue weighted by Gasteiger charge is 2.24. The number of hydrogen-bond donors (Lipinski definition) is 2. The molecule has 4 nitrogen and oxygen atoms in total. The van der Waals surface area contributed by atoms with E-state index in [1.807, 2.05) is 0 Å². The summed E-state index contributed by atoms with van der Waals surface area (Å²) in [4.78, 5) is -0.180. The molecular weight excluding hydrogens is 365 g/mol. The Balaban J connectivity index is 3.21. The van der Waals surface area contributed by atoms with Crippen molar-refractivity contribution in [3.8, 4) is 0 Å². The van der Waals surface area contributed by atoms with Crippen molar-refractivity contribution in [2.45, 2.75) is 24.3 Å². The highest BCUT2D eigenvalue weighted by molar-refractivity contribution is 9.10. The highest BCUT2D eigenvalue weighted by atomic mass is 79.9. The summed E-state index contributed by atoms with van der Waals surface area (Å²) >= 11 is 15.0. The lowest BCUT2D eigenvalue weighted by molar-refractivity contribution is 0.254. The van der Waals surface area contributed by atoms with Gasteiger partial charge in [-0.25, -0.2) is 13.1 Å². The molecule has 0 aromatic heterocycles. The van der Waals surface area contributed by atoms with Gasteiger partial charge in [-0.1, -0.05) is 46.1 Å². The molecule has 0 bridgehead atoms. The SMILES string of the molecule is CCC(CO)NS(=O)(=O)c1c(Cl)cc(Br)cc1Cl. The van der Waals surface area contributed by atoms with Gasteiger partial charge < -0.3 is 5.11 Å². The van der Waals surface area contributed by atoms with Gasteiger partial charge in [-0.05, 0) is 18.6 Å². The van der Waals surface area contributed by atoms with Gasteiger partial charge in [-0.15, -0.1) is 0 Å². The number of rotatable bonds is 5. The van der Waals surface area contributed by atoms with E-state index in [2.05, 4.69) is 20.7 Å². The van der Waals surface area contributed by atoms with Gasteiger partial charge in [0.05, 0.1) is 16.7 Å². The average Bonchev–Trinajstić information content (AvgIpc) is 2.23. The van der Waals surface area contributed by atoms with Crippen molar-refractivity contribution in [2.24, 2.45) is 0 Å². The van der Waals surface area contributed by atoms with Gasteiger partial charge in [0.15, 0.2) is 0 Å². The van der Waals surface area contributed by atoms with E-state index in [9.17, 15) is 8.42 Å². The van der Waals surface area contributed by atoms with E-state index in [-0.39, 0.29) is 21.5 Å². The van der Waals surface area contributed by atoms with Gasteiger partial charge in [0.2, 0.25) is 10.0 Å². The summed E-state index contributed by atoms with van der Waals surface area (Å²) in [6.07, 6.45) is 0.460. The van der Waals surface area contributed by atoms with Crippen LogP contribution in [0.2, 0.25) is 10.0 Å². The maximum atomic E-state index is 12.1. The summed E-state index contributed by atoms with van der Waals surface area (Å²) in [7, 11) is -3.86. The maximum absolute atomic E-state index is 12.1. The molecule has 0 fully saturated rings. The third-order valence-corrected chi connectivity index (χ3v) is 5.17. The third-order valence-electron chi connectivity index (χ3n) is 2.27. The number of aliphatic hydroxyl groups excluding tert-OH is 1. The second-order valence-corrected chi connectivity index (χ2v) is 6.99. The first kappa shape index (κ1) is 16.2. The van der Waals surface area contributed by atoms with Crippen LogP contribution in [0, 0.1) is 0 Å². The number of halogens is 3. The first-order valence-corrected chi connectivity index (χ1v) is 8.12. The molecule has 0 saturated carbocycles. The molecule has 1 atom stereocenters. The number of hydrogen-bond acceptors (Lipinski definition) is 3. The predicted octanol–water partition coefficient (Wildman–Crippen LogP) is 2.81. The fourth-order valence-electron chi connectivity index (χ4n) is 1.31. The molecule has 0 amide bonds. The molecule has 0 aliphatic carbocycles. The normalized spacial score (nSPS) is 13.6. The van der Waals surface area contributed by atoms with Crippen molar-refractivity contribution in [1.82, 2.24) is 4.72 Å². The quantitative estimate of drug-likeness (QED) is 0.830. The molecule has 1 rings (SSSR count). The third kappa shape index (κ3) is 3.82. The van der Waals surface area contributed by atoms with Crippen molar-refractivity contribution in [3.63, 3.8) is 0 Å². The zero-order chi connectivity index (χ0) is 13.9. The van der Waals surface area contributed by atoms with E-state index in [1.54, 1.807) is 6.92 Å². The van der Waals surface area contributed by atoms with Crippen LogP contribution in [0.5, 0.6) is 0 Å². The lowest BCUT2D eigenvalue weighted by Gasteiger charge is -2.16. The largest absolute Gasteiger partial charge is 0.395 e. The summed E-state index contributed by atoms with van der Waals surface area (Å²) < 4.78 is 27.2. The molecule has 0 radical (unpaired) electrons. The minimum atomic E-state index is -3.86. The smallest absolute Gasteiger partial charge is 0.243 e. The van der Waals surface area contributed by atoms with Crippen molar-refractivity contribution < 1.29 is 13.5 Å². The second-order valence-electron chi connectivity index (χ2n) is 3.61. The standard InChI is InChI=1S/C10H12BrCl2NO3S/c1-2-7(5-15)14-18(16,17)10-8(12)3-6(11)4-9(10)13/h3-4,7,14-15H,2,5H2,1H3. The van der Waals surface area contributed by atoms with Gasteiger partial charge >= 0.3 is 0 Å². The van der Waals surface area contributed by atoms with Crippen molar-refractivity contribution >= 4 is 49.2 Å². The van der Waals surface area contributed by atoms with Crippen molar-refractivity contribution in [1.29, 1.82) is 0 Å². The number of sulfonamides is 1. The lowest BCUT2D eigenvalue weighted by atomic mass is 10.3. The molecule has 102 valence electrons. The van der Waals surface area contributed by atoms with Crippen LogP contribution in [-0.2, 0) is 10.0 Å². The topological polar surface area (TPSA) is 66.4 Å². The number of nitrogens with one attached hydrogen (secondary N) is 1. The Bertz CT molecular complexity index is 509. The molecule has 8 heteroatoms. The Hall–Kier alpha value is 0.150. The van der Waals surface area contributed by atoms with Crippen LogP contribution in [0.1, 0.15) is 13.3 Å². The Morgan fingerprint density at radius 2 is 1.89 bits per heavy atom. The monoisotopic (exact) mass is 375 g/mol. The summed E-state index contributed by atoms with van der Waals surface area (Å²) in [6, 6.07) is 2.33. The lowest BCUT2D eigenvalue weighted by Crippen LogP contribution is -2.37. The Morgan fingerprint density at radius 1 is 1.39 bits per heavy atom. The van der Waals surface area contributed by atoms with Crippen molar-refractivity contribution in [2.75, 3.05) is 6.61 Å². The zero-order valence-corrected chi connectivity index (χ0v) is 13.4. The molecule has 0 aliphatic heterocycles. The first-order chi connectivity index (χ1) is 8.31. The van der Waals surface area contributed by atoms with Crippen molar-refractivity contribution in [3.05, 3.63) is 26.7 Å². The summed E-state index contributed by atoms with van der Waals surface area (Å²) in [5.74, 6) is 0. The van der Waals surface area contributed by atoms with Crippen LogP contribution in [0.25, 0.3) is 0 Å². The fourth-order valence-corrected chi connectivity index (χ4v) is 4.56. The highest BCUT2D eigenvalue weighted by Crippen LogP contribution is 2.32. The Labute approximate surface area is 124 Å². The molecule has 0 heterocycles. The van der Waals surface area contributed by atoms with Crippen LogP contribution in [0.15, 0.2) is 21.5 Å². The molecule has 1 unspecified atom stereocenters. The van der Waals surface area contributed by atoms with Crippen LogP contribution in [-0.4, -0.2) is 26.2 Å². The van der Waals surface area contributed by atoms with Crippen LogP contribution >= 0.6 is 39.1 Å². The molecule has 18 heavy (non-hydrogen) atoms. The second kappa shape index (κ2) is 6.54. The van der Waals surface area contributed by atoms with Gasteiger partial charge in [-0.2, -0.15) is 0 Å². The number of benzene rings is 1. The van der Waals surface area contributed by atoms with Crippen LogP contribution < -0.4 is 4.72 Å². The van der Waals surface area contributed by atoms with Gasteiger partial charge in [0, 0.05) is 10.5 Å². The maximum Gasteiger partial charge on any atom is 0.243 e. The predicted molar refractivity (Wildman–Crippen MR) is 75.6 cm³/mol. The van der Waals surface area contributed by atoms with E-state index in [1.165, 1.54) is 12.1 Å². The molecule has 1 aromatic carbocycles. The van der Waals surface area contributed by atoms with Gasteiger partial charge in [0.1, 0.15) is 4.90 Å². The van der Waals surface area contributed by atoms with Crippen LogP contribution in [0.4, 0.5) is 0 Å². The molecule has 1 aromatic rings. The van der Waals surface area contributed by atoms with E-state index in [0.717, 1.165) is 0 Å². The fraction of sp³-hybridized carbons (Fsp3) is 0.400. The van der Waals surface area contributed by atoms with E-state index in [0.29, 0.717) is 10.9 Å². The zero-order valence-electron chi connectivity index (χ0n) is 9.45. The Morgan fingerprint density at radius 3 is 2.28 bits per heavy atom. The van der Waals surface area contributed by atoms with E-state index >= 15 is 0 Å². The molecule has 0 spiro atoms. The molecule has 0 aliphatic rings. The van der Waals surface area contributed by atoms with E-state index in [4.69, 9.17) is 28.3 Å². The summed E-state index contributed by atoms with van der Waals surface area (Å²) in [6.45, 7) is 1.47. The van der Waals surface area contributed by atoms with Gasteiger partial charge in [-0.3, -0.25) is 0 Å². The first-order valence-electron chi connectivity index (χ1n) is 5.09. The molecule has 2 N–H and O–H groups in total. The molecular formula is C10H12BrCl2NO3S. The molecule has 0 saturated heterocycles. The Kier molecular flexibility index (Phi) is 5.89. The minimum Gasteiger partial charge on any atom is -0.395 e. The van der Waals surface area contributed by atoms with E-state index < -0.39 is 16.1 Å². The average molecular weight is 377 g/mol. The number of aliphatic hydroxyl groups is 1. The minimum absolute atomic E-state index is 0.0228.